The summed E-state index contributed by atoms with van der Waals surface area (Å²) in [5, 5.41) is 17.5. The molecule has 0 radical (unpaired) electrons. The maximum atomic E-state index is 12.9. The van der Waals surface area contributed by atoms with E-state index in [1.165, 1.54) is 13.0 Å². The number of hydrogen-bond donors (Lipinski definition) is 2. The van der Waals surface area contributed by atoms with E-state index in [2.05, 4.69) is 0 Å². The average Bonchev–Trinajstić information content (AvgIpc) is 2.04. The Hall–Kier alpha value is -1.20. The number of benzene rings is 1. The van der Waals surface area contributed by atoms with Crippen molar-refractivity contribution in [2.45, 2.75) is 6.92 Å². The van der Waals surface area contributed by atoms with Crippen LogP contribution in [0, 0.1) is 5.82 Å². The molecule has 3 nitrogen and oxygen atoms in total. The van der Waals surface area contributed by atoms with Gasteiger partial charge in [-0.3, -0.25) is 4.79 Å². The van der Waals surface area contributed by atoms with Crippen LogP contribution in [0.4, 0.5) is 4.39 Å². The summed E-state index contributed by atoms with van der Waals surface area (Å²) in [4.78, 5) is 10.8. The fourth-order valence-electron chi connectivity index (χ4n) is 0.973. The summed E-state index contributed by atoms with van der Waals surface area (Å²) in [5.41, 5.74) is -0.0304. The summed E-state index contributed by atoms with van der Waals surface area (Å²) in [7, 11) is -1.68. The number of carbonyl (C=O) groups excluding carboxylic acids is 1. The maximum Gasteiger partial charge on any atom is 0.488 e. The van der Waals surface area contributed by atoms with E-state index in [0.717, 1.165) is 12.1 Å². The number of ketones is 1. The molecular formula is C8H8BFO3. The van der Waals surface area contributed by atoms with Crippen LogP contribution in [0.25, 0.3) is 0 Å². The van der Waals surface area contributed by atoms with Crippen LogP contribution in [0.3, 0.4) is 0 Å². The predicted octanol–water partition coefficient (Wildman–Crippen LogP) is -0.292. The third-order valence-electron chi connectivity index (χ3n) is 1.67. The predicted molar refractivity (Wildman–Crippen MR) is 46.2 cm³/mol. The van der Waals surface area contributed by atoms with Crippen molar-refractivity contribution in [1.82, 2.24) is 0 Å². The van der Waals surface area contributed by atoms with Gasteiger partial charge in [0, 0.05) is 0 Å². The largest absolute Gasteiger partial charge is 0.488 e. The van der Waals surface area contributed by atoms with E-state index in [-0.39, 0.29) is 11.0 Å². The first kappa shape index (κ1) is 9.89. The topological polar surface area (TPSA) is 57.5 Å². The van der Waals surface area contributed by atoms with Crippen molar-refractivity contribution in [3.8, 4) is 0 Å². The van der Waals surface area contributed by atoms with Crippen molar-refractivity contribution in [2.75, 3.05) is 0 Å². The summed E-state index contributed by atoms with van der Waals surface area (Å²) >= 11 is 0. The molecular weight excluding hydrogens is 174 g/mol. The van der Waals surface area contributed by atoms with Crippen molar-refractivity contribution in [1.29, 1.82) is 0 Å². The zero-order chi connectivity index (χ0) is 10.0. The lowest BCUT2D eigenvalue weighted by atomic mass is 9.79. The van der Waals surface area contributed by atoms with Gasteiger partial charge in [-0.25, -0.2) is 4.39 Å². The number of halogens is 1. The lowest BCUT2D eigenvalue weighted by Crippen LogP contribution is -2.30. The normalized spacial score (nSPS) is 9.85. The summed E-state index contributed by atoms with van der Waals surface area (Å²) < 4.78 is 12.9. The molecule has 0 saturated carbocycles. The minimum absolute atomic E-state index is 0.103. The second-order valence-corrected chi connectivity index (χ2v) is 2.67. The highest BCUT2D eigenvalue weighted by molar-refractivity contribution is 6.58. The smallest absolute Gasteiger partial charge is 0.423 e. The van der Waals surface area contributed by atoms with Crippen molar-refractivity contribution >= 4 is 18.4 Å². The van der Waals surface area contributed by atoms with Crippen LogP contribution in [0.5, 0.6) is 0 Å². The Morgan fingerprint density at radius 3 is 2.54 bits per heavy atom. The lowest BCUT2D eigenvalue weighted by molar-refractivity contribution is 0.101. The van der Waals surface area contributed by atoms with E-state index in [4.69, 9.17) is 10.0 Å². The fraction of sp³-hybridized carbons (Fsp3) is 0.125. The quantitative estimate of drug-likeness (QED) is 0.487. The summed E-state index contributed by atoms with van der Waals surface area (Å²) in [5.74, 6) is -1.10. The molecule has 0 aliphatic heterocycles. The van der Waals surface area contributed by atoms with Gasteiger partial charge in [-0.15, -0.1) is 0 Å². The van der Waals surface area contributed by atoms with Crippen LogP contribution in [0.1, 0.15) is 17.3 Å². The highest BCUT2D eigenvalue weighted by Crippen LogP contribution is 2.05. The highest BCUT2D eigenvalue weighted by Gasteiger charge is 2.15. The molecule has 0 atom stereocenters. The van der Waals surface area contributed by atoms with Gasteiger partial charge < -0.3 is 10.0 Å². The first-order valence-electron chi connectivity index (χ1n) is 3.69. The van der Waals surface area contributed by atoms with Gasteiger partial charge in [-0.2, -0.15) is 0 Å². The standard InChI is InChI=1S/C8H8BFO3/c1-5(11)7-4-6(9(12)13)2-3-8(7)10/h2-4,12-13H,1H3. The molecule has 0 aliphatic carbocycles. The van der Waals surface area contributed by atoms with Gasteiger partial charge in [-0.05, 0) is 24.5 Å². The fourth-order valence-corrected chi connectivity index (χ4v) is 0.973. The molecule has 0 aromatic heterocycles. The molecule has 1 rings (SSSR count). The average molecular weight is 182 g/mol. The highest BCUT2D eigenvalue weighted by atomic mass is 19.1. The van der Waals surface area contributed by atoms with Crippen molar-refractivity contribution in [2.24, 2.45) is 0 Å². The van der Waals surface area contributed by atoms with Crippen molar-refractivity contribution in [3.63, 3.8) is 0 Å². The molecule has 68 valence electrons. The molecule has 0 amide bonds. The molecule has 0 saturated heterocycles. The number of rotatable bonds is 2. The zero-order valence-corrected chi connectivity index (χ0v) is 6.99. The van der Waals surface area contributed by atoms with Gasteiger partial charge in [-0.1, -0.05) is 6.07 Å². The van der Waals surface area contributed by atoms with Gasteiger partial charge in [0.15, 0.2) is 5.78 Å². The van der Waals surface area contributed by atoms with Crippen LogP contribution in [-0.4, -0.2) is 22.9 Å². The van der Waals surface area contributed by atoms with Crippen molar-refractivity contribution in [3.05, 3.63) is 29.6 Å². The molecule has 5 heteroatoms. The summed E-state index contributed by atoms with van der Waals surface area (Å²) in [6, 6.07) is 3.38. The Labute approximate surface area is 75.0 Å². The summed E-state index contributed by atoms with van der Waals surface area (Å²) in [6.45, 7) is 1.21. The molecule has 0 unspecified atom stereocenters. The maximum absolute atomic E-state index is 12.9. The van der Waals surface area contributed by atoms with Crippen molar-refractivity contribution < 1.29 is 19.2 Å². The second kappa shape index (κ2) is 3.68. The molecule has 0 fully saturated rings. The first-order valence-corrected chi connectivity index (χ1v) is 3.69. The van der Waals surface area contributed by atoms with Gasteiger partial charge in [0.2, 0.25) is 0 Å². The lowest BCUT2D eigenvalue weighted by Gasteiger charge is -2.02. The molecule has 13 heavy (non-hydrogen) atoms. The van der Waals surface area contributed by atoms with Gasteiger partial charge in [0.05, 0.1) is 5.56 Å². The summed E-state index contributed by atoms with van der Waals surface area (Å²) in [6.07, 6.45) is 0. The van der Waals surface area contributed by atoms with Crippen LogP contribution < -0.4 is 5.46 Å². The first-order chi connectivity index (χ1) is 6.02. The minimum atomic E-state index is -1.68. The van der Waals surface area contributed by atoms with E-state index in [1.807, 2.05) is 0 Å². The molecule has 1 aromatic rings. The van der Waals surface area contributed by atoms with Crippen LogP contribution in [0.2, 0.25) is 0 Å². The van der Waals surface area contributed by atoms with Gasteiger partial charge >= 0.3 is 7.12 Å². The number of Topliss-reactive ketones (excluding diaryl/α,β-unsaturated/α-hetero) is 1. The Morgan fingerprint density at radius 1 is 1.46 bits per heavy atom. The molecule has 0 spiro atoms. The molecule has 0 heterocycles. The van der Waals surface area contributed by atoms with E-state index in [1.54, 1.807) is 0 Å². The minimum Gasteiger partial charge on any atom is -0.423 e. The van der Waals surface area contributed by atoms with E-state index >= 15 is 0 Å². The van der Waals surface area contributed by atoms with Gasteiger partial charge in [0.25, 0.3) is 0 Å². The Morgan fingerprint density at radius 2 is 2.08 bits per heavy atom. The molecule has 1 aromatic carbocycles. The Bertz CT molecular complexity index is 338. The van der Waals surface area contributed by atoms with Gasteiger partial charge in [0.1, 0.15) is 5.82 Å². The monoisotopic (exact) mass is 182 g/mol. The molecule has 2 N–H and O–H groups in total. The SMILES string of the molecule is CC(=O)c1cc(B(O)O)ccc1F. The van der Waals surface area contributed by atoms with E-state index in [0.29, 0.717) is 0 Å². The third-order valence-corrected chi connectivity index (χ3v) is 1.67. The Kier molecular flexibility index (Phi) is 2.80. The third kappa shape index (κ3) is 2.14. The Balaban J connectivity index is 3.19. The van der Waals surface area contributed by atoms with E-state index in [9.17, 15) is 9.18 Å². The number of hydrogen-bond acceptors (Lipinski definition) is 3. The number of carbonyl (C=O) groups is 1. The second-order valence-electron chi connectivity index (χ2n) is 2.67. The van der Waals surface area contributed by atoms with Crippen LogP contribution >= 0.6 is 0 Å². The zero-order valence-electron chi connectivity index (χ0n) is 6.99. The van der Waals surface area contributed by atoms with E-state index < -0.39 is 18.7 Å². The molecule has 0 aliphatic rings. The van der Waals surface area contributed by atoms with Crippen LogP contribution in [-0.2, 0) is 0 Å². The van der Waals surface area contributed by atoms with Crippen LogP contribution in [0.15, 0.2) is 18.2 Å². The molecule has 0 bridgehead atoms.